The van der Waals surface area contributed by atoms with E-state index in [9.17, 15) is 4.79 Å². The molecular formula is C28H41NO5Si. The standard InChI is InChI=1S/C28H41NO5Si/c1-22-26(33-21-31-5)18-17-23(29(22)27(30)32-6)19-20-34-35(28(2,3)4,24-13-9-7-10-14-24)25-15-11-8-12-16-25/h7-16,22-23,26H,17-21H2,1-6H3/t22-,23-,26-/m0/s1. The van der Waals surface area contributed by atoms with E-state index in [0.717, 1.165) is 19.3 Å². The molecule has 1 fully saturated rings. The van der Waals surface area contributed by atoms with Crippen LogP contribution < -0.4 is 10.4 Å². The highest BCUT2D eigenvalue weighted by atomic mass is 28.4. The molecule has 0 N–H and O–H groups in total. The fraction of sp³-hybridized carbons (Fsp3) is 0.536. The number of carbonyl (C=O) groups excluding carboxylic acids is 1. The summed E-state index contributed by atoms with van der Waals surface area (Å²) in [5.41, 5.74) is 0. The Bertz CT molecular complexity index is 878. The van der Waals surface area contributed by atoms with Crippen LogP contribution in [0, 0.1) is 0 Å². The second kappa shape index (κ2) is 12.2. The number of methoxy groups -OCH3 is 2. The number of hydrogen-bond acceptors (Lipinski definition) is 5. The molecule has 0 saturated carbocycles. The van der Waals surface area contributed by atoms with Crippen LogP contribution in [0.25, 0.3) is 0 Å². The zero-order valence-electron chi connectivity index (χ0n) is 22.0. The molecule has 2 aromatic carbocycles. The van der Waals surface area contributed by atoms with Gasteiger partial charge in [-0.15, -0.1) is 0 Å². The molecule has 6 nitrogen and oxygen atoms in total. The summed E-state index contributed by atoms with van der Waals surface area (Å²) < 4.78 is 23.1. The van der Waals surface area contributed by atoms with Gasteiger partial charge in [0.05, 0.1) is 19.3 Å². The summed E-state index contributed by atoms with van der Waals surface area (Å²) in [5, 5.41) is 2.43. The van der Waals surface area contributed by atoms with Gasteiger partial charge in [-0.1, -0.05) is 81.4 Å². The van der Waals surface area contributed by atoms with Gasteiger partial charge < -0.3 is 18.6 Å². The molecule has 2 aromatic rings. The fourth-order valence-electron chi connectivity index (χ4n) is 5.44. The van der Waals surface area contributed by atoms with Gasteiger partial charge in [-0.3, -0.25) is 4.90 Å². The van der Waals surface area contributed by atoms with Crippen molar-refractivity contribution in [2.24, 2.45) is 0 Å². The van der Waals surface area contributed by atoms with Crippen molar-refractivity contribution in [2.75, 3.05) is 27.6 Å². The van der Waals surface area contributed by atoms with Gasteiger partial charge in [0, 0.05) is 19.8 Å². The topological polar surface area (TPSA) is 57.2 Å². The molecule has 0 bridgehead atoms. The van der Waals surface area contributed by atoms with Crippen molar-refractivity contribution in [3.05, 3.63) is 60.7 Å². The van der Waals surface area contributed by atoms with E-state index in [0.29, 0.717) is 6.61 Å². The van der Waals surface area contributed by atoms with E-state index in [1.54, 1.807) is 7.11 Å². The van der Waals surface area contributed by atoms with Crippen LogP contribution in [0.3, 0.4) is 0 Å². The number of ether oxygens (including phenoxy) is 3. The van der Waals surface area contributed by atoms with Crippen LogP contribution in [0.2, 0.25) is 5.04 Å². The maximum Gasteiger partial charge on any atom is 0.410 e. The van der Waals surface area contributed by atoms with E-state index in [1.807, 2.05) is 11.8 Å². The van der Waals surface area contributed by atoms with Crippen LogP contribution in [-0.2, 0) is 18.6 Å². The minimum atomic E-state index is -2.62. The first-order chi connectivity index (χ1) is 16.8. The van der Waals surface area contributed by atoms with Crippen molar-refractivity contribution >= 4 is 24.8 Å². The Morgan fingerprint density at radius 1 is 0.971 bits per heavy atom. The average Bonchev–Trinajstić information content (AvgIpc) is 2.86. The molecule has 1 heterocycles. The highest BCUT2D eigenvalue weighted by Gasteiger charge is 2.50. The Balaban J connectivity index is 1.86. The van der Waals surface area contributed by atoms with Crippen LogP contribution in [0.15, 0.2) is 60.7 Å². The van der Waals surface area contributed by atoms with Gasteiger partial charge in [0.15, 0.2) is 0 Å². The number of nitrogens with zero attached hydrogens (tertiary/aromatic N) is 1. The molecule has 0 radical (unpaired) electrons. The summed E-state index contributed by atoms with van der Waals surface area (Å²) >= 11 is 0. The van der Waals surface area contributed by atoms with Gasteiger partial charge in [-0.25, -0.2) is 4.79 Å². The van der Waals surface area contributed by atoms with Crippen LogP contribution >= 0.6 is 0 Å². The molecule has 1 aliphatic rings. The second-order valence-electron chi connectivity index (χ2n) is 10.3. The summed E-state index contributed by atoms with van der Waals surface area (Å²) in [6.45, 7) is 9.63. The quantitative estimate of drug-likeness (QED) is 0.374. The molecule has 3 rings (SSSR count). The van der Waals surface area contributed by atoms with Gasteiger partial charge in [-0.2, -0.15) is 0 Å². The number of carbonyl (C=O) groups is 1. The first kappa shape index (κ1) is 27.4. The summed E-state index contributed by atoms with van der Waals surface area (Å²) in [5.74, 6) is 0. The van der Waals surface area contributed by atoms with Crippen molar-refractivity contribution in [3.63, 3.8) is 0 Å². The minimum Gasteiger partial charge on any atom is -0.453 e. The molecule has 1 saturated heterocycles. The summed E-state index contributed by atoms with van der Waals surface area (Å²) in [6, 6.07) is 21.2. The number of benzene rings is 2. The lowest BCUT2D eigenvalue weighted by atomic mass is 9.92. The SMILES string of the molecule is COCO[C@H]1CC[C@@H](CCO[Si](c2ccccc2)(c2ccccc2)C(C)(C)C)N(C(=O)OC)[C@H]1C. The van der Waals surface area contributed by atoms with Gasteiger partial charge in [0.25, 0.3) is 8.32 Å². The third-order valence-electron chi connectivity index (χ3n) is 7.13. The third-order valence-corrected chi connectivity index (χ3v) is 12.2. The Kier molecular flexibility index (Phi) is 9.52. The molecule has 0 aliphatic carbocycles. The zero-order valence-corrected chi connectivity index (χ0v) is 23.0. The second-order valence-corrected chi connectivity index (χ2v) is 14.6. The lowest BCUT2D eigenvalue weighted by Crippen LogP contribution is -2.66. The van der Waals surface area contributed by atoms with Gasteiger partial charge >= 0.3 is 6.09 Å². The first-order valence-electron chi connectivity index (χ1n) is 12.5. The zero-order chi connectivity index (χ0) is 25.5. The Labute approximate surface area is 211 Å². The molecule has 1 amide bonds. The van der Waals surface area contributed by atoms with E-state index in [4.69, 9.17) is 18.6 Å². The van der Waals surface area contributed by atoms with Crippen LogP contribution in [0.4, 0.5) is 4.79 Å². The molecule has 7 heteroatoms. The van der Waals surface area contributed by atoms with Gasteiger partial charge in [0.1, 0.15) is 6.79 Å². The Morgan fingerprint density at radius 2 is 1.54 bits per heavy atom. The van der Waals surface area contributed by atoms with Crippen molar-refractivity contribution in [1.29, 1.82) is 0 Å². The fourth-order valence-corrected chi connectivity index (χ4v) is 10.0. The summed E-state index contributed by atoms with van der Waals surface area (Å²) in [6.07, 6.45) is 2.03. The van der Waals surface area contributed by atoms with E-state index >= 15 is 0 Å². The van der Waals surface area contributed by atoms with Crippen molar-refractivity contribution in [2.45, 2.75) is 70.2 Å². The van der Waals surface area contributed by atoms with Crippen LogP contribution in [0.5, 0.6) is 0 Å². The monoisotopic (exact) mass is 499 g/mol. The van der Waals surface area contributed by atoms with Gasteiger partial charge in [0.2, 0.25) is 0 Å². The van der Waals surface area contributed by atoms with Crippen molar-refractivity contribution < 1.29 is 23.4 Å². The van der Waals surface area contributed by atoms with E-state index in [2.05, 4.69) is 81.4 Å². The third kappa shape index (κ3) is 5.97. The van der Waals surface area contributed by atoms with Crippen LogP contribution in [-0.4, -0.2) is 65.1 Å². The molecule has 1 aliphatic heterocycles. The van der Waals surface area contributed by atoms with E-state index in [-0.39, 0.29) is 36.1 Å². The molecule has 0 spiro atoms. The summed E-state index contributed by atoms with van der Waals surface area (Å²) in [7, 11) is 0.427. The van der Waals surface area contributed by atoms with Gasteiger partial charge in [-0.05, 0) is 41.6 Å². The maximum absolute atomic E-state index is 12.8. The van der Waals surface area contributed by atoms with Crippen molar-refractivity contribution in [3.8, 4) is 0 Å². The lowest BCUT2D eigenvalue weighted by Gasteiger charge is -2.45. The lowest BCUT2D eigenvalue weighted by molar-refractivity contribution is -0.116. The predicted molar refractivity (Wildman–Crippen MR) is 142 cm³/mol. The van der Waals surface area contributed by atoms with Crippen LogP contribution in [0.1, 0.15) is 47.0 Å². The predicted octanol–water partition coefficient (Wildman–Crippen LogP) is 4.56. The molecule has 35 heavy (non-hydrogen) atoms. The number of likely N-dealkylation sites (tertiary alicyclic amines) is 1. The number of rotatable bonds is 9. The number of piperidine rings is 1. The largest absolute Gasteiger partial charge is 0.453 e. The maximum atomic E-state index is 12.8. The highest BCUT2D eigenvalue weighted by Crippen LogP contribution is 2.37. The molecule has 0 aromatic heterocycles. The number of amides is 1. The normalized spacial score (nSPS) is 21.1. The smallest absolute Gasteiger partial charge is 0.410 e. The first-order valence-corrected chi connectivity index (χ1v) is 14.4. The molecule has 192 valence electrons. The van der Waals surface area contributed by atoms with E-state index < -0.39 is 8.32 Å². The molecular weight excluding hydrogens is 458 g/mol. The molecule has 3 atom stereocenters. The Hall–Kier alpha value is -2.19. The highest BCUT2D eigenvalue weighted by molar-refractivity contribution is 6.99. The van der Waals surface area contributed by atoms with E-state index in [1.165, 1.54) is 17.5 Å². The average molecular weight is 500 g/mol. The summed E-state index contributed by atoms with van der Waals surface area (Å²) in [4.78, 5) is 14.6. The Morgan fingerprint density at radius 3 is 2.03 bits per heavy atom. The number of hydrogen-bond donors (Lipinski definition) is 0. The van der Waals surface area contributed by atoms with Crippen molar-refractivity contribution in [1.82, 2.24) is 4.90 Å². The molecule has 0 unspecified atom stereocenters. The minimum absolute atomic E-state index is 0.0260.